The first-order chi connectivity index (χ1) is 10.1. The zero-order valence-corrected chi connectivity index (χ0v) is 12.3. The molecule has 1 aromatic rings. The van der Waals surface area contributed by atoms with E-state index < -0.39 is 6.10 Å². The molecule has 0 amide bonds. The number of hydrogen-bond donors (Lipinski definition) is 2. The lowest BCUT2D eigenvalue weighted by Crippen LogP contribution is -2.18. The van der Waals surface area contributed by atoms with Gasteiger partial charge in [0.25, 0.3) is 0 Å². The molecule has 0 bridgehead atoms. The summed E-state index contributed by atoms with van der Waals surface area (Å²) in [4.78, 5) is 11.7. The fourth-order valence-corrected chi connectivity index (χ4v) is 2.61. The molecule has 0 aromatic heterocycles. The van der Waals surface area contributed by atoms with Gasteiger partial charge < -0.3 is 10.2 Å². The zero-order valence-electron chi connectivity index (χ0n) is 12.3. The Morgan fingerprint density at radius 2 is 1.71 bits per heavy atom. The second kappa shape index (κ2) is 6.55. The van der Waals surface area contributed by atoms with Crippen molar-refractivity contribution in [2.45, 2.75) is 32.8 Å². The standard InChI is InChI=1S/C18H20O3/c1-3-15(12-5-8-14(19)9-6-12)16(4-2)13-7-10-17(20)18(21)11-13/h5-11,17,19-20H,3-4H2,1-2H3/b16-15+. The van der Waals surface area contributed by atoms with E-state index in [9.17, 15) is 15.0 Å². The van der Waals surface area contributed by atoms with Gasteiger partial charge >= 0.3 is 0 Å². The normalized spacial score (nSPS) is 19.3. The number of aliphatic hydroxyl groups is 1. The second-order valence-corrected chi connectivity index (χ2v) is 5.02. The number of ketones is 1. The minimum atomic E-state index is -1.02. The van der Waals surface area contributed by atoms with Crippen molar-refractivity contribution in [2.24, 2.45) is 0 Å². The quantitative estimate of drug-likeness (QED) is 0.891. The molecule has 0 spiro atoms. The molecule has 0 heterocycles. The highest BCUT2D eigenvalue weighted by Crippen LogP contribution is 2.31. The number of phenolic OH excluding ortho intramolecular Hbond substituents is 1. The van der Waals surface area contributed by atoms with Crippen LogP contribution in [-0.4, -0.2) is 22.1 Å². The van der Waals surface area contributed by atoms with Crippen molar-refractivity contribution in [3.05, 3.63) is 59.2 Å². The maximum absolute atomic E-state index is 11.7. The molecule has 1 aromatic carbocycles. The molecule has 0 aliphatic heterocycles. The molecule has 0 saturated carbocycles. The maximum atomic E-state index is 11.7. The molecule has 21 heavy (non-hydrogen) atoms. The number of aromatic hydroxyl groups is 1. The van der Waals surface area contributed by atoms with Gasteiger partial charge in [-0.15, -0.1) is 0 Å². The molecular weight excluding hydrogens is 264 g/mol. The third-order valence-corrected chi connectivity index (χ3v) is 3.68. The highest BCUT2D eigenvalue weighted by Gasteiger charge is 2.18. The van der Waals surface area contributed by atoms with Gasteiger partial charge in [0.1, 0.15) is 11.9 Å². The first-order valence-corrected chi connectivity index (χ1v) is 7.20. The Labute approximate surface area is 124 Å². The smallest absolute Gasteiger partial charge is 0.188 e. The summed E-state index contributed by atoms with van der Waals surface area (Å²) in [6.45, 7) is 4.12. The molecule has 2 rings (SSSR count). The van der Waals surface area contributed by atoms with Crippen molar-refractivity contribution in [1.29, 1.82) is 0 Å². The van der Waals surface area contributed by atoms with Crippen LogP contribution < -0.4 is 0 Å². The molecule has 0 fully saturated rings. The summed E-state index contributed by atoms with van der Waals surface area (Å²) in [5.41, 5.74) is 4.15. The second-order valence-electron chi connectivity index (χ2n) is 5.02. The van der Waals surface area contributed by atoms with Crippen LogP contribution in [0.25, 0.3) is 5.57 Å². The predicted molar refractivity (Wildman–Crippen MR) is 83.8 cm³/mol. The molecule has 3 nitrogen and oxygen atoms in total. The van der Waals surface area contributed by atoms with E-state index in [0.717, 1.165) is 35.1 Å². The summed E-state index contributed by atoms with van der Waals surface area (Å²) in [6, 6.07) is 7.09. The topological polar surface area (TPSA) is 57.5 Å². The number of aliphatic hydroxyl groups excluding tert-OH is 1. The molecule has 1 aliphatic carbocycles. The lowest BCUT2D eigenvalue weighted by Gasteiger charge is -2.17. The van der Waals surface area contributed by atoms with Crippen molar-refractivity contribution in [1.82, 2.24) is 0 Å². The highest BCUT2D eigenvalue weighted by atomic mass is 16.3. The predicted octanol–water partition coefficient (Wildman–Crippen LogP) is 3.39. The number of allylic oxidation sites excluding steroid dienone is 4. The molecule has 1 atom stereocenters. The van der Waals surface area contributed by atoms with Crippen molar-refractivity contribution in [3.8, 4) is 5.75 Å². The van der Waals surface area contributed by atoms with Crippen molar-refractivity contribution < 1.29 is 15.0 Å². The van der Waals surface area contributed by atoms with Crippen LogP contribution in [0.4, 0.5) is 0 Å². The first-order valence-electron chi connectivity index (χ1n) is 7.20. The Morgan fingerprint density at radius 3 is 2.24 bits per heavy atom. The van der Waals surface area contributed by atoms with Gasteiger partial charge in [0.05, 0.1) is 0 Å². The van der Waals surface area contributed by atoms with E-state index in [-0.39, 0.29) is 11.5 Å². The number of carbonyl (C=O) groups is 1. The molecule has 2 N–H and O–H groups in total. The third-order valence-electron chi connectivity index (χ3n) is 3.68. The van der Waals surface area contributed by atoms with Crippen LogP contribution in [0.3, 0.4) is 0 Å². The van der Waals surface area contributed by atoms with E-state index in [1.165, 1.54) is 12.2 Å². The Morgan fingerprint density at radius 1 is 1.10 bits per heavy atom. The van der Waals surface area contributed by atoms with Crippen molar-refractivity contribution in [2.75, 3.05) is 0 Å². The largest absolute Gasteiger partial charge is 0.508 e. The van der Waals surface area contributed by atoms with Crippen molar-refractivity contribution in [3.63, 3.8) is 0 Å². The van der Waals surface area contributed by atoms with E-state index in [1.54, 1.807) is 18.2 Å². The fourth-order valence-electron chi connectivity index (χ4n) is 2.61. The van der Waals surface area contributed by atoms with Gasteiger partial charge in [-0.05, 0) is 59.4 Å². The van der Waals surface area contributed by atoms with Crippen LogP contribution >= 0.6 is 0 Å². The molecule has 110 valence electrons. The highest BCUT2D eigenvalue weighted by molar-refractivity contribution is 5.98. The van der Waals surface area contributed by atoms with E-state index in [1.807, 2.05) is 12.1 Å². The van der Waals surface area contributed by atoms with Gasteiger partial charge in [-0.2, -0.15) is 0 Å². The Balaban J connectivity index is 2.49. The van der Waals surface area contributed by atoms with E-state index in [2.05, 4.69) is 13.8 Å². The average Bonchev–Trinajstić information content (AvgIpc) is 2.49. The lowest BCUT2D eigenvalue weighted by atomic mass is 9.88. The lowest BCUT2D eigenvalue weighted by molar-refractivity contribution is -0.120. The number of hydrogen-bond acceptors (Lipinski definition) is 3. The summed E-state index contributed by atoms with van der Waals surface area (Å²) in [7, 11) is 0. The SMILES string of the molecule is CC/C(C1=CC(=O)C(O)C=C1)=C(/CC)c1ccc(O)cc1. The van der Waals surface area contributed by atoms with Crippen LogP contribution in [0.15, 0.2) is 53.6 Å². The third kappa shape index (κ3) is 3.31. The molecular formula is C18H20O3. The summed E-state index contributed by atoms with van der Waals surface area (Å²) >= 11 is 0. The maximum Gasteiger partial charge on any atom is 0.188 e. The van der Waals surface area contributed by atoms with Crippen molar-refractivity contribution >= 4 is 11.4 Å². The van der Waals surface area contributed by atoms with E-state index in [0.29, 0.717) is 0 Å². The molecule has 3 heteroatoms. The minimum absolute atomic E-state index is 0.238. The molecule has 0 radical (unpaired) electrons. The molecule has 1 unspecified atom stereocenters. The summed E-state index contributed by atoms with van der Waals surface area (Å²) in [5.74, 6) is -0.0399. The van der Waals surface area contributed by atoms with Gasteiger partial charge in [0.15, 0.2) is 5.78 Å². The van der Waals surface area contributed by atoms with Crippen LogP contribution in [0.1, 0.15) is 32.3 Å². The molecule has 1 aliphatic rings. The van der Waals surface area contributed by atoms with Crippen LogP contribution in [-0.2, 0) is 4.79 Å². The van der Waals surface area contributed by atoms with Gasteiger partial charge in [-0.25, -0.2) is 0 Å². The summed E-state index contributed by atoms with van der Waals surface area (Å²) < 4.78 is 0. The van der Waals surface area contributed by atoms with E-state index in [4.69, 9.17) is 0 Å². The number of benzene rings is 1. The first kappa shape index (κ1) is 15.3. The minimum Gasteiger partial charge on any atom is -0.508 e. The van der Waals surface area contributed by atoms with Gasteiger partial charge in [-0.1, -0.05) is 32.1 Å². The van der Waals surface area contributed by atoms with Crippen LogP contribution in [0, 0.1) is 0 Å². The van der Waals surface area contributed by atoms with E-state index >= 15 is 0 Å². The Hall–Kier alpha value is -2.13. The summed E-state index contributed by atoms with van der Waals surface area (Å²) in [6.07, 6.45) is 5.45. The molecule has 0 saturated heterocycles. The number of carbonyl (C=O) groups excluding carboxylic acids is 1. The van der Waals surface area contributed by atoms with Gasteiger partial charge in [-0.3, -0.25) is 4.79 Å². The monoisotopic (exact) mass is 284 g/mol. The van der Waals surface area contributed by atoms with Gasteiger partial charge in [0, 0.05) is 0 Å². The van der Waals surface area contributed by atoms with Gasteiger partial charge in [0.2, 0.25) is 0 Å². The Bertz CT molecular complexity index is 618. The Kier molecular flexibility index (Phi) is 4.76. The fraction of sp³-hybridized carbons (Fsp3) is 0.278. The average molecular weight is 284 g/mol. The number of rotatable bonds is 4. The number of phenols is 1. The van der Waals surface area contributed by atoms with Crippen LogP contribution in [0.5, 0.6) is 5.75 Å². The zero-order chi connectivity index (χ0) is 15.4. The van der Waals surface area contributed by atoms with Crippen LogP contribution in [0.2, 0.25) is 0 Å². The summed E-state index contributed by atoms with van der Waals surface area (Å²) in [5, 5.41) is 18.9.